The molecule has 1 amide bonds. The van der Waals surface area contributed by atoms with Gasteiger partial charge in [0.15, 0.2) is 5.82 Å². The third kappa shape index (κ3) is 3.69. The van der Waals surface area contributed by atoms with E-state index in [1.165, 1.54) is 0 Å². The van der Waals surface area contributed by atoms with Crippen molar-refractivity contribution in [2.45, 2.75) is 51.7 Å². The number of carbonyl (C=O) groups excluding carboxylic acids is 1. The minimum atomic E-state index is -0.451. The van der Waals surface area contributed by atoms with E-state index in [1.807, 2.05) is 20.8 Å². The Kier molecular flexibility index (Phi) is 4.27. The quantitative estimate of drug-likeness (QED) is 0.853. The zero-order valence-electron chi connectivity index (χ0n) is 12.3. The molecule has 3 N–H and O–H groups in total. The summed E-state index contributed by atoms with van der Waals surface area (Å²) in [5.74, 6) is 1.79. The molecule has 1 aliphatic rings. The molecule has 1 aromatic heterocycles. The van der Waals surface area contributed by atoms with Gasteiger partial charge in [-0.1, -0.05) is 0 Å². The number of nitrogens with two attached hydrogens (primary N) is 1. The normalized spacial score (nSPS) is 17.3. The van der Waals surface area contributed by atoms with Crippen LogP contribution in [-0.2, 0) is 11.3 Å². The minimum absolute atomic E-state index is 0.242. The zero-order chi connectivity index (χ0) is 14.8. The van der Waals surface area contributed by atoms with Crippen molar-refractivity contribution in [2.75, 3.05) is 13.1 Å². The molecule has 0 aromatic carbocycles. The van der Waals surface area contributed by atoms with Crippen LogP contribution in [0.15, 0.2) is 0 Å². The van der Waals surface area contributed by atoms with Crippen LogP contribution in [0, 0.1) is 0 Å². The number of piperidine rings is 1. The second-order valence-electron chi connectivity index (χ2n) is 6.09. The van der Waals surface area contributed by atoms with E-state index in [0.717, 1.165) is 18.7 Å². The third-order valence-corrected chi connectivity index (χ3v) is 3.25. The Balaban J connectivity index is 1.87. The summed E-state index contributed by atoms with van der Waals surface area (Å²) in [7, 11) is 0. The van der Waals surface area contributed by atoms with Gasteiger partial charge in [0.05, 0.1) is 6.54 Å². The van der Waals surface area contributed by atoms with Crippen LogP contribution < -0.4 is 5.73 Å². The summed E-state index contributed by atoms with van der Waals surface area (Å²) in [6, 6.07) is 0. The highest BCUT2D eigenvalue weighted by atomic mass is 16.6. The molecule has 0 aliphatic carbocycles. The van der Waals surface area contributed by atoms with E-state index in [4.69, 9.17) is 10.5 Å². The lowest BCUT2D eigenvalue weighted by Crippen LogP contribution is -2.41. The molecule has 0 spiro atoms. The highest BCUT2D eigenvalue weighted by Gasteiger charge is 2.28. The molecule has 112 valence electrons. The number of rotatable bonds is 2. The first-order valence-corrected chi connectivity index (χ1v) is 6.98. The first-order chi connectivity index (χ1) is 9.39. The van der Waals surface area contributed by atoms with Crippen LogP contribution in [0.5, 0.6) is 0 Å². The number of hydrogen-bond donors (Lipinski definition) is 2. The molecule has 0 atom stereocenters. The van der Waals surface area contributed by atoms with E-state index in [9.17, 15) is 4.79 Å². The number of ether oxygens (including phenoxy) is 1. The molecule has 0 bridgehead atoms. The topological polar surface area (TPSA) is 97.1 Å². The summed E-state index contributed by atoms with van der Waals surface area (Å²) < 4.78 is 5.37. The highest BCUT2D eigenvalue weighted by Crippen LogP contribution is 2.26. The van der Waals surface area contributed by atoms with Gasteiger partial charge in [-0.3, -0.25) is 5.10 Å². The fourth-order valence-electron chi connectivity index (χ4n) is 2.23. The van der Waals surface area contributed by atoms with Crippen LogP contribution in [0.1, 0.15) is 51.2 Å². The van der Waals surface area contributed by atoms with Crippen molar-refractivity contribution in [3.63, 3.8) is 0 Å². The largest absolute Gasteiger partial charge is 0.444 e. The Labute approximate surface area is 118 Å². The average molecular weight is 281 g/mol. The van der Waals surface area contributed by atoms with E-state index < -0.39 is 5.60 Å². The number of nitrogens with zero attached hydrogens (tertiary/aromatic N) is 3. The number of hydrogen-bond acceptors (Lipinski definition) is 5. The standard InChI is InChI=1S/C13H23N5O2/c1-13(2,3)20-12(19)18-6-4-9(5-7-18)11-15-10(8-14)16-17-11/h9H,4-8,14H2,1-3H3,(H,15,16,17). The first-order valence-electron chi connectivity index (χ1n) is 6.98. The monoisotopic (exact) mass is 281 g/mol. The minimum Gasteiger partial charge on any atom is -0.444 e. The maximum atomic E-state index is 12.0. The number of aromatic nitrogens is 3. The summed E-state index contributed by atoms with van der Waals surface area (Å²) >= 11 is 0. The van der Waals surface area contributed by atoms with Crippen LogP contribution in [0.2, 0.25) is 0 Å². The van der Waals surface area contributed by atoms with E-state index in [2.05, 4.69) is 15.2 Å². The second kappa shape index (κ2) is 5.78. The molecule has 7 heteroatoms. The lowest BCUT2D eigenvalue weighted by atomic mass is 9.96. The molecule has 0 radical (unpaired) electrons. The molecule has 0 unspecified atom stereocenters. The molecule has 1 aromatic rings. The number of aromatic amines is 1. The second-order valence-corrected chi connectivity index (χ2v) is 6.09. The number of likely N-dealkylation sites (tertiary alicyclic amines) is 1. The number of H-pyrrole nitrogens is 1. The van der Waals surface area contributed by atoms with Crippen molar-refractivity contribution in [1.29, 1.82) is 0 Å². The van der Waals surface area contributed by atoms with Crippen molar-refractivity contribution in [3.8, 4) is 0 Å². The summed E-state index contributed by atoms with van der Waals surface area (Å²) in [4.78, 5) is 18.1. The zero-order valence-corrected chi connectivity index (χ0v) is 12.3. The molecular weight excluding hydrogens is 258 g/mol. The van der Waals surface area contributed by atoms with E-state index >= 15 is 0 Å². The predicted molar refractivity (Wildman–Crippen MR) is 74.1 cm³/mol. The van der Waals surface area contributed by atoms with Gasteiger partial charge in [0, 0.05) is 19.0 Å². The SMILES string of the molecule is CC(C)(C)OC(=O)N1CCC(c2n[nH]c(CN)n2)CC1. The molecule has 0 saturated carbocycles. The molecule has 7 nitrogen and oxygen atoms in total. The van der Waals surface area contributed by atoms with Gasteiger partial charge in [0.2, 0.25) is 0 Å². The van der Waals surface area contributed by atoms with Crippen molar-refractivity contribution >= 4 is 6.09 Å². The van der Waals surface area contributed by atoms with Crippen molar-refractivity contribution < 1.29 is 9.53 Å². The summed E-state index contributed by atoms with van der Waals surface area (Å²) in [6.45, 7) is 7.33. The van der Waals surface area contributed by atoms with Gasteiger partial charge in [-0.2, -0.15) is 5.10 Å². The fourth-order valence-corrected chi connectivity index (χ4v) is 2.23. The Morgan fingerprint density at radius 3 is 2.60 bits per heavy atom. The number of nitrogens with one attached hydrogen (secondary N) is 1. The summed E-state index contributed by atoms with van der Waals surface area (Å²) in [5.41, 5.74) is 5.06. The van der Waals surface area contributed by atoms with Gasteiger partial charge in [0.25, 0.3) is 0 Å². The molecule has 2 heterocycles. The lowest BCUT2D eigenvalue weighted by Gasteiger charge is -2.32. The summed E-state index contributed by atoms with van der Waals surface area (Å²) in [5, 5.41) is 7.02. The maximum Gasteiger partial charge on any atom is 0.410 e. The van der Waals surface area contributed by atoms with Gasteiger partial charge in [-0.05, 0) is 33.6 Å². The van der Waals surface area contributed by atoms with Crippen LogP contribution >= 0.6 is 0 Å². The van der Waals surface area contributed by atoms with Crippen LogP contribution in [-0.4, -0.2) is 44.9 Å². The van der Waals surface area contributed by atoms with Crippen molar-refractivity contribution in [3.05, 3.63) is 11.6 Å². The molecule has 1 aliphatic heterocycles. The van der Waals surface area contributed by atoms with Gasteiger partial charge in [-0.15, -0.1) is 0 Å². The molecule has 1 fully saturated rings. The number of amides is 1. The Morgan fingerprint density at radius 1 is 1.45 bits per heavy atom. The van der Waals surface area contributed by atoms with Gasteiger partial charge < -0.3 is 15.4 Å². The maximum absolute atomic E-state index is 12.0. The molecular formula is C13H23N5O2. The molecule has 2 rings (SSSR count). The van der Waals surface area contributed by atoms with Gasteiger partial charge in [0.1, 0.15) is 11.4 Å². The third-order valence-electron chi connectivity index (χ3n) is 3.25. The van der Waals surface area contributed by atoms with Crippen LogP contribution in [0.25, 0.3) is 0 Å². The Bertz CT molecular complexity index is 458. The smallest absolute Gasteiger partial charge is 0.410 e. The van der Waals surface area contributed by atoms with E-state index in [-0.39, 0.29) is 12.0 Å². The fraction of sp³-hybridized carbons (Fsp3) is 0.769. The van der Waals surface area contributed by atoms with Crippen LogP contribution in [0.3, 0.4) is 0 Å². The first kappa shape index (κ1) is 14.8. The Morgan fingerprint density at radius 2 is 2.10 bits per heavy atom. The van der Waals surface area contributed by atoms with Crippen LogP contribution in [0.4, 0.5) is 4.79 Å². The van der Waals surface area contributed by atoms with E-state index in [1.54, 1.807) is 4.90 Å². The van der Waals surface area contributed by atoms with Crippen molar-refractivity contribution in [1.82, 2.24) is 20.1 Å². The lowest BCUT2D eigenvalue weighted by molar-refractivity contribution is 0.0203. The predicted octanol–water partition coefficient (Wildman–Crippen LogP) is 1.38. The highest BCUT2D eigenvalue weighted by molar-refractivity contribution is 5.68. The van der Waals surface area contributed by atoms with E-state index in [0.29, 0.717) is 25.5 Å². The number of carbonyl (C=O) groups is 1. The van der Waals surface area contributed by atoms with Gasteiger partial charge >= 0.3 is 6.09 Å². The summed E-state index contributed by atoms with van der Waals surface area (Å²) in [6.07, 6.45) is 1.45. The average Bonchev–Trinajstić information content (AvgIpc) is 2.85. The Hall–Kier alpha value is -1.63. The van der Waals surface area contributed by atoms with Crippen molar-refractivity contribution in [2.24, 2.45) is 5.73 Å². The molecule has 1 saturated heterocycles. The van der Waals surface area contributed by atoms with Gasteiger partial charge in [-0.25, -0.2) is 9.78 Å². The molecule has 20 heavy (non-hydrogen) atoms.